The van der Waals surface area contributed by atoms with Gasteiger partial charge in [-0.2, -0.15) is 13.2 Å². The van der Waals surface area contributed by atoms with E-state index >= 15 is 0 Å². The van der Waals surface area contributed by atoms with Gasteiger partial charge in [0.15, 0.2) is 0 Å². The van der Waals surface area contributed by atoms with Crippen LogP contribution in [-0.4, -0.2) is 21.4 Å². The normalized spacial score (nSPS) is 12.6. The van der Waals surface area contributed by atoms with Crippen molar-refractivity contribution >= 4 is 22.8 Å². The lowest BCUT2D eigenvalue weighted by atomic mass is 10.1. The first-order valence-corrected chi connectivity index (χ1v) is 7.80. The number of carboxylic acids is 1. The fourth-order valence-corrected chi connectivity index (χ4v) is 2.91. The van der Waals surface area contributed by atoms with E-state index in [9.17, 15) is 27.9 Å². The molecule has 2 aromatic rings. The molecule has 1 N–H and O–H groups in total. The fourth-order valence-electron chi connectivity index (χ4n) is 2.00. The summed E-state index contributed by atoms with van der Waals surface area (Å²) in [4.78, 5) is 23.5. The Balaban J connectivity index is 2.09. The molecule has 0 aromatic heterocycles. The van der Waals surface area contributed by atoms with Crippen LogP contribution in [0.5, 0.6) is 0 Å². The second-order valence-corrected chi connectivity index (χ2v) is 6.17. The van der Waals surface area contributed by atoms with Gasteiger partial charge in [-0.05, 0) is 36.2 Å². The minimum atomic E-state index is -4.48. The summed E-state index contributed by atoms with van der Waals surface area (Å²) < 4.78 is 37.5. The van der Waals surface area contributed by atoms with Crippen LogP contribution in [-0.2, 0) is 17.4 Å². The lowest BCUT2D eigenvalue weighted by Crippen LogP contribution is -2.21. The van der Waals surface area contributed by atoms with Gasteiger partial charge in [0, 0.05) is 5.56 Å². The first-order chi connectivity index (χ1) is 11.3. The van der Waals surface area contributed by atoms with Crippen molar-refractivity contribution in [2.45, 2.75) is 17.8 Å². The highest BCUT2D eigenvalue weighted by Crippen LogP contribution is 2.30. The minimum Gasteiger partial charge on any atom is -0.480 e. The highest BCUT2D eigenvalue weighted by Gasteiger charge is 2.30. The second-order valence-electron chi connectivity index (χ2n) is 5.00. The van der Waals surface area contributed by atoms with E-state index < -0.39 is 28.1 Å². The molecule has 0 saturated carbocycles. The lowest BCUT2D eigenvalue weighted by Gasteiger charge is -2.12. The summed E-state index contributed by atoms with van der Waals surface area (Å²) in [5.41, 5.74) is -0.0620. The van der Waals surface area contributed by atoms with Crippen LogP contribution in [0.25, 0.3) is 0 Å². The maximum atomic E-state index is 12.5. The maximum Gasteiger partial charge on any atom is 0.416 e. The molecule has 2 rings (SSSR count). The Morgan fingerprint density at radius 1 is 1.00 bits per heavy atom. The third-order valence-corrected chi connectivity index (χ3v) is 4.34. The van der Waals surface area contributed by atoms with Gasteiger partial charge >= 0.3 is 12.1 Å². The van der Waals surface area contributed by atoms with E-state index in [0.717, 1.165) is 29.8 Å². The standard InChI is InChI=1S/C17H13F3O3S/c18-17(19,20)13-8-6-12(7-9-13)16(23)24-14(15(21)22)10-11-4-2-1-3-5-11/h1-9,14H,10H2,(H,21,22)/t14-/m1/s1. The molecule has 0 radical (unpaired) electrons. The molecule has 126 valence electrons. The lowest BCUT2D eigenvalue weighted by molar-refractivity contribution is -0.138. The van der Waals surface area contributed by atoms with E-state index in [4.69, 9.17) is 0 Å². The number of alkyl halides is 3. The molecule has 0 heterocycles. The molecule has 0 spiro atoms. The molecule has 0 fully saturated rings. The number of thioether (sulfide) groups is 1. The molecule has 0 saturated heterocycles. The van der Waals surface area contributed by atoms with Crippen molar-refractivity contribution < 1.29 is 27.9 Å². The number of hydrogen-bond donors (Lipinski definition) is 1. The molecular formula is C17H13F3O3S. The topological polar surface area (TPSA) is 54.4 Å². The van der Waals surface area contributed by atoms with Crippen LogP contribution in [0.1, 0.15) is 21.5 Å². The van der Waals surface area contributed by atoms with Crippen LogP contribution >= 0.6 is 11.8 Å². The Morgan fingerprint density at radius 2 is 1.58 bits per heavy atom. The molecule has 7 heteroatoms. The van der Waals surface area contributed by atoms with Crippen LogP contribution < -0.4 is 0 Å². The summed E-state index contributed by atoms with van der Waals surface area (Å²) in [6.07, 6.45) is -4.33. The van der Waals surface area contributed by atoms with Crippen molar-refractivity contribution in [3.63, 3.8) is 0 Å². The van der Waals surface area contributed by atoms with Gasteiger partial charge in [0.2, 0.25) is 5.12 Å². The van der Waals surface area contributed by atoms with Gasteiger partial charge in [-0.25, -0.2) is 0 Å². The predicted molar refractivity (Wildman–Crippen MR) is 84.9 cm³/mol. The zero-order valence-corrected chi connectivity index (χ0v) is 13.1. The molecule has 0 aliphatic carbocycles. The number of carbonyl (C=O) groups is 2. The van der Waals surface area contributed by atoms with Gasteiger partial charge in [-0.3, -0.25) is 9.59 Å². The molecule has 24 heavy (non-hydrogen) atoms. The SMILES string of the molecule is O=C(S[C@H](Cc1ccccc1)C(=O)O)c1ccc(C(F)(F)F)cc1. The molecule has 0 aliphatic rings. The summed E-state index contributed by atoms with van der Waals surface area (Å²) in [5, 5.41) is 7.67. The third-order valence-electron chi connectivity index (χ3n) is 3.24. The van der Waals surface area contributed by atoms with Crippen molar-refractivity contribution in [1.29, 1.82) is 0 Å². The summed E-state index contributed by atoms with van der Waals surface area (Å²) in [6, 6.07) is 12.5. The van der Waals surface area contributed by atoms with Crippen molar-refractivity contribution in [2.75, 3.05) is 0 Å². The quantitative estimate of drug-likeness (QED) is 0.871. The average molecular weight is 354 g/mol. The van der Waals surface area contributed by atoms with Crippen molar-refractivity contribution in [2.24, 2.45) is 0 Å². The van der Waals surface area contributed by atoms with Gasteiger partial charge in [0.05, 0.1) is 5.56 Å². The van der Waals surface area contributed by atoms with Crippen molar-refractivity contribution in [3.05, 3.63) is 71.3 Å². The van der Waals surface area contributed by atoms with E-state index in [0.29, 0.717) is 11.8 Å². The van der Waals surface area contributed by atoms with Crippen LogP contribution in [0.4, 0.5) is 13.2 Å². The van der Waals surface area contributed by atoms with E-state index in [1.165, 1.54) is 0 Å². The van der Waals surface area contributed by atoms with Gasteiger partial charge in [0.1, 0.15) is 5.25 Å². The van der Waals surface area contributed by atoms with E-state index in [1.807, 2.05) is 0 Å². The number of carbonyl (C=O) groups excluding carboxylic acids is 1. The van der Waals surface area contributed by atoms with Gasteiger partial charge < -0.3 is 5.11 Å². The summed E-state index contributed by atoms with van der Waals surface area (Å²) in [5.74, 6) is -1.15. The Morgan fingerprint density at radius 3 is 2.08 bits per heavy atom. The first kappa shape index (κ1) is 18.1. The number of rotatable bonds is 5. The Hall–Kier alpha value is -2.28. The van der Waals surface area contributed by atoms with Gasteiger partial charge in [-0.1, -0.05) is 42.1 Å². The van der Waals surface area contributed by atoms with Crippen molar-refractivity contribution in [1.82, 2.24) is 0 Å². The molecule has 0 unspecified atom stereocenters. The molecule has 0 amide bonds. The van der Waals surface area contributed by atoms with E-state index in [2.05, 4.69) is 0 Å². The molecule has 1 atom stereocenters. The Labute approximate surface area is 140 Å². The van der Waals surface area contributed by atoms with Crippen LogP contribution in [0.15, 0.2) is 54.6 Å². The molecule has 0 bridgehead atoms. The maximum absolute atomic E-state index is 12.5. The number of halogens is 3. The Kier molecular flexibility index (Phi) is 5.66. The van der Waals surface area contributed by atoms with Gasteiger partial charge in [0.25, 0.3) is 0 Å². The highest BCUT2D eigenvalue weighted by atomic mass is 32.2. The number of carboxylic acid groups (broad SMARTS) is 1. The van der Waals surface area contributed by atoms with E-state index in [1.54, 1.807) is 30.3 Å². The molecule has 0 aliphatic heterocycles. The first-order valence-electron chi connectivity index (χ1n) is 6.92. The second kappa shape index (κ2) is 7.53. The largest absolute Gasteiger partial charge is 0.480 e. The summed E-state index contributed by atoms with van der Waals surface area (Å²) >= 11 is 0.594. The minimum absolute atomic E-state index is 0.0345. The smallest absolute Gasteiger partial charge is 0.416 e. The highest BCUT2D eigenvalue weighted by molar-refractivity contribution is 8.15. The number of benzene rings is 2. The van der Waals surface area contributed by atoms with Crippen LogP contribution in [0.2, 0.25) is 0 Å². The van der Waals surface area contributed by atoms with Crippen LogP contribution in [0.3, 0.4) is 0 Å². The van der Waals surface area contributed by atoms with E-state index in [-0.39, 0.29) is 12.0 Å². The molecule has 2 aromatic carbocycles. The Bertz CT molecular complexity index is 712. The predicted octanol–water partition coefficient (Wildman–Crippen LogP) is 4.27. The average Bonchev–Trinajstić information content (AvgIpc) is 2.54. The third kappa shape index (κ3) is 4.86. The summed E-state index contributed by atoms with van der Waals surface area (Å²) in [7, 11) is 0. The molecule has 3 nitrogen and oxygen atoms in total. The van der Waals surface area contributed by atoms with Crippen molar-refractivity contribution in [3.8, 4) is 0 Å². The molecular weight excluding hydrogens is 341 g/mol. The monoisotopic (exact) mass is 354 g/mol. The number of aliphatic carboxylic acids is 1. The fraction of sp³-hybridized carbons (Fsp3) is 0.176. The zero-order chi connectivity index (χ0) is 17.7. The summed E-state index contributed by atoms with van der Waals surface area (Å²) in [6.45, 7) is 0. The van der Waals surface area contributed by atoms with Gasteiger partial charge in [-0.15, -0.1) is 0 Å². The zero-order valence-electron chi connectivity index (χ0n) is 12.3. The van der Waals surface area contributed by atoms with Crippen LogP contribution in [0, 0.1) is 0 Å². The number of hydrogen-bond acceptors (Lipinski definition) is 3.